The summed E-state index contributed by atoms with van der Waals surface area (Å²) in [7, 11) is 0. The van der Waals surface area contributed by atoms with Crippen LogP contribution in [0.5, 0.6) is 0 Å². The maximum Gasteiger partial charge on any atom is 0.330 e. The van der Waals surface area contributed by atoms with Crippen LogP contribution in [-0.2, 0) is 14.3 Å². The lowest BCUT2D eigenvalue weighted by atomic mass is 10.0. The predicted octanol–water partition coefficient (Wildman–Crippen LogP) is 6.59. The van der Waals surface area contributed by atoms with Crippen LogP contribution in [0.1, 0.15) is 150 Å². The van der Waals surface area contributed by atoms with E-state index in [9.17, 15) is 19.5 Å². The molecule has 0 saturated carbocycles. The van der Waals surface area contributed by atoms with Gasteiger partial charge < -0.3 is 14.6 Å². The van der Waals surface area contributed by atoms with Crippen molar-refractivity contribution in [2.75, 3.05) is 6.61 Å². The van der Waals surface area contributed by atoms with Crippen LogP contribution >= 0.6 is 0 Å². The van der Waals surface area contributed by atoms with E-state index < -0.39 is 35.8 Å². The molecule has 0 radical (unpaired) electrons. The van der Waals surface area contributed by atoms with Gasteiger partial charge in [0, 0.05) is 33.1 Å². The third-order valence-electron chi connectivity index (χ3n) is 7.91. The lowest BCUT2D eigenvalue weighted by Crippen LogP contribution is -2.39. The summed E-state index contributed by atoms with van der Waals surface area (Å²) >= 11 is 0. The van der Waals surface area contributed by atoms with E-state index in [4.69, 9.17) is 10.8 Å². The summed E-state index contributed by atoms with van der Waals surface area (Å²) in [5.74, 6) is 0.388. The van der Waals surface area contributed by atoms with Crippen molar-refractivity contribution in [2.45, 2.75) is 167 Å². The van der Waals surface area contributed by atoms with Crippen LogP contribution in [0, 0.1) is 0 Å². The summed E-state index contributed by atoms with van der Waals surface area (Å²) in [5.41, 5.74) is -1.15. The second-order valence-corrected chi connectivity index (χ2v) is 11.5. The number of nitrogens with one attached hydrogen (secondary N) is 1. The summed E-state index contributed by atoms with van der Waals surface area (Å²) in [6.07, 6.45) is 21.0. The molecule has 8 nitrogen and oxygen atoms in total. The Morgan fingerprint density at radius 3 is 1.95 bits per heavy atom. The second kappa shape index (κ2) is 21.0. The molecule has 1 saturated heterocycles. The molecule has 8 heteroatoms. The summed E-state index contributed by atoms with van der Waals surface area (Å²) in [5, 5.41) is 10.5. The van der Waals surface area contributed by atoms with Gasteiger partial charge in [0.25, 0.3) is 5.56 Å². The minimum absolute atomic E-state index is 0.159. The second-order valence-electron chi connectivity index (χ2n) is 11.5. The third-order valence-corrected chi connectivity index (χ3v) is 7.91. The molecule has 2 N–H and O–H groups in total. The number of aromatic nitrogens is 2. The molecule has 0 aromatic carbocycles. The summed E-state index contributed by atoms with van der Waals surface area (Å²) in [4.78, 5) is 37.9. The maximum atomic E-state index is 12.2. The van der Waals surface area contributed by atoms with E-state index in [-0.39, 0.29) is 6.90 Å². The van der Waals surface area contributed by atoms with Gasteiger partial charge >= 0.3 is 5.69 Å². The smallest absolute Gasteiger partial charge is 0.330 e. The molecule has 0 spiro atoms. The first-order valence-corrected chi connectivity index (χ1v) is 16.1. The molecule has 0 aliphatic carbocycles. The van der Waals surface area contributed by atoms with Crippen molar-refractivity contribution >= 4 is 5.78 Å². The van der Waals surface area contributed by atoms with E-state index in [1.807, 2.05) is 0 Å². The highest BCUT2D eigenvalue weighted by molar-refractivity contribution is 5.78. The number of ketones is 1. The molecule has 4 atom stereocenters. The van der Waals surface area contributed by atoms with Gasteiger partial charge in [0.15, 0.2) is 6.23 Å². The minimum atomic E-state index is -1.03. The number of rotatable bonds is 24. The number of H-pyrrole nitrogens is 1. The Morgan fingerprint density at radius 1 is 0.900 bits per heavy atom. The predicted molar refractivity (Wildman–Crippen MR) is 160 cm³/mol. The quantitative estimate of drug-likeness (QED) is 0.137. The van der Waals surface area contributed by atoms with Gasteiger partial charge in [-0.05, 0) is 26.2 Å². The number of Topliss-reactive ketones (excluding diaryl/α,β-unsaturated/α-hetero) is 1. The monoisotopic (exact) mass is 565 g/mol. The van der Waals surface area contributed by atoms with E-state index in [2.05, 4.69) is 11.9 Å². The normalized spacial score (nSPS) is 21.1. The summed E-state index contributed by atoms with van der Waals surface area (Å²) in [6.45, 7) is 2.50. The number of carbonyl (C=O) groups excluding carboxylic acids is 1. The van der Waals surface area contributed by atoms with Crippen LogP contribution < -0.4 is 11.2 Å². The Morgan fingerprint density at radius 2 is 1.43 bits per heavy atom. The topological polar surface area (TPSA) is 111 Å². The minimum Gasteiger partial charge on any atom is -0.388 e. The Hall–Kier alpha value is -1.77. The Balaban J connectivity index is 1.45. The SMILES string of the molecule is [2H]C[C@H]1O[C@@H](n2ccc(=O)[nH]c2=O)[C@H](OCCCCCCCC(=O)CCCCCCCCCCCCCCC)[C@@H]1O. The number of aliphatic hydroxyl groups is 1. The summed E-state index contributed by atoms with van der Waals surface area (Å²) < 4.78 is 20.4. The van der Waals surface area contributed by atoms with Gasteiger partial charge in [0.2, 0.25) is 0 Å². The van der Waals surface area contributed by atoms with Gasteiger partial charge in [0.05, 0.1) is 6.10 Å². The van der Waals surface area contributed by atoms with E-state index in [1.165, 1.54) is 93.9 Å². The Bertz CT molecular complexity index is 935. The number of aliphatic hydroxyl groups excluding tert-OH is 1. The highest BCUT2D eigenvalue weighted by Crippen LogP contribution is 2.30. The van der Waals surface area contributed by atoms with E-state index in [0.717, 1.165) is 44.9 Å². The van der Waals surface area contributed by atoms with Crippen molar-refractivity contribution in [3.05, 3.63) is 33.1 Å². The van der Waals surface area contributed by atoms with Crippen LogP contribution in [0.4, 0.5) is 0 Å². The molecule has 0 unspecified atom stereocenters. The largest absolute Gasteiger partial charge is 0.388 e. The first-order valence-electron chi connectivity index (χ1n) is 16.8. The number of hydrogen-bond acceptors (Lipinski definition) is 6. The van der Waals surface area contributed by atoms with Crippen molar-refractivity contribution < 1.29 is 20.7 Å². The van der Waals surface area contributed by atoms with Crippen LogP contribution in [0.2, 0.25) is 0 Å². The Labute approximate surface area is 242 Å². The van der Waals surface area contributed by atoms with Crippen LogP contribution in [-0.4, -0.2) is 45.4 Å². The molecule has 230 valence electrons. The molecule has 0 bridgehead atoms. The van der Waals surface area contributed by atoms with E-state index in [0.29, 0.717) is 18.8 Å². The van der Waals surface area contributed by atoms with Gasteiger partial charge in [0.1, 0.15) is 18.0 Å². The average molecular weight is 566 g/mol. The van der Waals surface area contributed by atoms with E-state index in [1.54, 1.807) is 0 Å². The molecule has 0 amide bonds. The van der Waals surface area contributed by atoms with Crippen molar-refractivity contribution in [3.63, 3.8) is 0 Å². The van der Waals surface area contributed by atoms with Crippen LogP contribution in [0.15, 0.2) is 21.9 Å². The number of unbranched alkanes of at least 4 members (excludes halogenated alkanes) is 16. The summed E-state index contributed by atoms with van der Waals surface area (Å²) in [6, 6.07) is 1.21. The lowest BCUT2D eigenvalue weighted by Gasteiger charge is -2.22. The maximum absolute atomic E-state index is 12.2. The number of ether oxygens (including phenoxy) is 2. The van der Waals surface area contributed by atoms with Crippen LogP contribution in [0.3, 0.4) is 0 Å². The zero-order chi connectivity index (χ0) is 29.7. The molecule has 2 rings (SSSR count). The number of aromatic amines is 1. The Kier molecular flexibility index (Phi) is 17.2. The number of carbonyl (C=O) groups is 1. The molecule has 1 aliphatic rings. The standard InChI is InChI=1S/C32H56N2O6/c1-3-4-5-6-7-8-9-10-11-12-13-15-18-21-27(35)22-19-16-14-17-20-25-39-30-29(37)26(2)40-31(30)34-24-23-28(36)33-32(34)38/h23-24,26,29-31,37H,3-22,25H2,1-2H3,(H,33,36,38)/t26-,29-,30-,31-/m1/s1/i2D. The average Bonchev–Trinajstić information content (AvgIpc) is 3.27. The van der Waals surface area contributed by atoms with Crippen molar-refractivity contribution in [3.8, 4) is 0 Å². The molecule has 2 heterocycles. The first kappa shape index (κ1) is 32.7. The number of nitrogens with zero attached hydrogens (tertiary/aromatic N) is 1. The zero-order valence-corrected chi connectivity index (χ0v) is 25.0. The lowest BCUT2D eigenvalue weighted by molar-refractivity contribution is -0.119. The van der Waals surface area contributed by atoms with Gasteiger partial charge in [-0.3, -0.25) is 19.1 Å². The van der Waals surface area contributed by atoms with Crippen LogP contribution in [0.25, 0.3) is 0 Å². The van der Waals surface area contributed by atoms with Gasteiger partial charge in [-0.1, -0.05) is 103 Å². The molecule has 1 aliphatic heterocycles. The van der Waals surface area contributed by atoms with Crippen molar-refractivity contribution in [2.24, 2.45) is 0 Å². The highest BCUT2D eigenvalue weighted by Gasteiger charge is 2.43. The molecule has 1 aromatic heterocycles. The van der Waals surface area contributed by atoms with E-state index >= 15 is 0 Å². The third kappa shape index (κ3) is 13.7. The van der Waals surface area contributed by atoms with Crippen molar-refractivity contribution in [1.29, 1.82) is 0 Å². The molecule has 1 fully saturated rings. The first-order chi connectivity index (χ1) is 20.0. The van der Waals surface area contributed by atoms with Gasteiger partial charge in [-0.2, -0.15) is 0 Å². The van der Waals surface area contributed by atoms with Gasteiger partial charge in [-0.15, -0.1) is 0 Å². The fourth-order valence-corrected chi connectivity index (χ4v) is 5.39. The molecule has 40 heavy (non-hydrogen) atoms. The van der Waals surface area contributed by atoms with Crippen molar-refractivity contribution in [1.82, 2.24) is 9.55 Å². The highest BCUT2D eigenvalue weighted by atomic mass is 16.6. The fraction of sp³-hybridized carbons (Fsp3) is 0.844. The molecular weight excluding hydrogens is 508 g/mol. The van der Waals surface area contributed by atoms with Gasteiger partial charge in [-0.25, -0.2) is 4.79 Å². The zero-order valence-electron chi connectivity index (χ0n) is 26.0. The number of hydrogen-bond donors (Lipinski definition) is 2. The molecular formula is C32H56N2O6. The molecule has 1 aromatic rings. The fourth-order valence-electron chi connectivity index (χ4n) is 5.39.